The van der Waals surface area contributed by atoms with Gasteiger partial charge in [-0.25, -0.2) is 8.42 Å². The number of sulfonamides is 1. The molecule has 0 aliphatic carbocycles. The lowest BCUT2D eigenvalue weighted by atomic mass is 10.0. The first kappa shape index (κ1) is 23.4. The number of benzene rings is 2. The van der Waals surface area contributed by atoms with Gasteiger partial charge >= 0.3 is 0 Å². The third-order valence-electron chi connectivity index (χ3n) is 4.78. The number of hydrogen-bond acceptors (Lipinski definition) is 4. The number of hydrogen-bond donors (Lipinski definition) is 1. The molecule has 0 saturated heterocycles. The molecule has 0 saturated carbocycles. The van der Waals surface area contributed by atoms with Crippen LogP contribution in [0.2, 0.25) is 10.0 Å². The first-order valence-electron chi connectivity index (χ1n) is 9.75. The van der Waals surface area contributed by atoms with Crippen molar-refractivity contribution in [3.8, 4) is 16.9 Å². The lowest BCUT2D eigenvalue weighted by Gasteiger charge is -2.16. The van der Waals surface area contributed by atoms with Gasteiger partial charge in [-0.2, -0.15) is 5.10 Å². The third kappa shape index (κ3) is 5.00. The standard InChI is InChI=1S/C22H25Cl2N3O3S/c1-13(2)12-30-20-9-7-6-8-17(20)16-10-18(23)22(19(24)11-16)31(28,29)26-21-14(3)25-27(5)15(21)4/h6-11,13,26H,12H2,1-5H3. The van der Waals surface area contributed by atoms with Crippen molar-refractivity contribution in [3.05, 3.63) is 57.8 Å². The van der Waals surface area contributed by atoms with E-state index in [1.54, 1.807) is 37.7 Å². The van der Waals surface area contributed by atoms with E-state index in [0.717, 1.165) is 5.56 Å². The maximum absolute atomic E-state index is 13.1. The predicted octanol–water partition coefficient (Wildman–Crippen LogP) is 5.85. The van der Waals surface area contributed by atoms with E-state index in [1.165, 1.54) is 0 Å². The predicted molar refractivity (Wildman–Crippen MR) is 126 cm³/mol. The van der Waals surface area contributed by atoms with Crippen molar-refractivity contribution in [2.45, 2.75) is 32.6 Å². The Hall–Kier alpha value is -2.22. The van der Waals surface area contributed by atoms with Crippen LogP contribution in [0.3, 0.4) is 0 Å². The Kier molecular flexibility index (Phi) is 6.88. The van der Waals surface area contributed by atoms with Crippen LogP contribution in [0.5, 0.6) is 5.75 Å². The Balaban J connectivity index is 2.02. The number of rotatable bonds is 7. The molecule has 3 aromatic rings. The third-order valence-corrected chi connectivity index (χ3v) is 7.05. The number of halogens is 2. The van der Waals surface area contributed by atoms with Crippen LogP contribution >= 0.6 is 23.2 Å². The second-order valence-corrected chi connectivity index (χ2v) is 10.2. The molecular formula is C22H25Cl2N3O3S. The summed E-state index contributed by atoms with van der Waals surface area (Å²) in [7, 11) is -2.29. The summed E-state index contributed by atoms with van der Waals surface area (Å²) in [5.74, 6) is 1.04. The molecule has 9 heteroatoms. The van der Waals surface area contributed by atoms with Gasteiger partial charge in [-0.15, -0.1) is 0 Å². The minimum Gasteiger partial charge on any atom is -0.493 e. The molecule has 166 valence electrons. The summed E-state index contributed by atoms with van der Waals surface area (Å²) < 4.78 is 36.3. The number of nitrogens with zero attached hydrogens (tertiary/aromatic N) is 2. The second-order valence-electron chi connectivity index (χ2n) is 7.74. The molecule has 1 heterocycles. The molecule has 0 aliphatic heterocycles. The SMILES string of the molecule is Cc1nn(C)c(C)c1NS(=O)(=O)c1c(Cl)cc(-c2ccccc2OCC(C)C)cc1Cl. The fourth-order valence-corrected chi connectivity index (χ4v) is 5.56. The highest BCUT2D eigenvalue weighted by molar-refractivity contribution is 7.93. The topological polar surface area (TPSA) is 73.2 Å². The summed E-state index contributed by atoms with van der Waals surface area (Å²) in [6, 6.07) is 10.7. The van der Waals surface area contributed by atoms with E-state index in [1.807, 2.05) is 24.3 Å². The Morgan fingerprint density at radius 3 is 2.29 bits per heavy atom. The average Bonchev–Trinajstić information content (AvgIpc) is 2.91. The largest absolute Gasteiger partial charge is 0.493 e. The van der Waals surface area contributed by atoms with Gasteiger partial charge in [0.1, 0.15) is 10.6 Å². The van der Waals surface area contributed by atoms with E-state index in [4.69, 9.17) is 27.9 Å². The van der Waals surface area contributed by atoms with E-state index >= 15 is 0 Å². The maximum atomic E-state index is 13.1. The zero-order valence-corrected chi connectivity index (χ0v) is 20.4. The van der Waals surface area contributed by atoms with Crippen molar-refractivity contribution < 1.29 is 13.2 Å². The number of anilines is 1. The summed E-state index contributed by atoms with van der Waals surface area (Å²) in [6.07, 6.45) is 0. The Labute approximate surface area is 193 Å². The van der Waals surface area contributed by atoms with E-state index in [-0.39, 0.29) is 14.9 Å². The van der Waals surface area contributed by atoms with Gasteiger partial charge in [-0.3, -0.25) is 9.40 Å². The van der Waals surface area contributed by atoms with Gasteiger partial charge in [0, 0.05) is 12.6 Å². The van der Waals surface area contributed by atoms with Crippen molar-refractivity contribution in [1.29, 1.82) is 0 Å². The summed E-state index contributed by atoms with van der Waals surface area (Å²) in [4.78, 5) is -0.178. The molecule has 0 aliphatic rings. The Bertz CT molecular complexity index is 1200. The normalized spacial score (nSPS) is 11.7. The first-order chi connectivity index (χ1) is 14.5. The number of para-hydroxylation sites is 1. The van der Waals surface area contributed by atoms with Crippen molar-refractivity contribution in [1.82, 2.24) is 9.78 Å². The van der Waals surface area contributed by atoms with Crippen LogP contribution in [0.4, 0.5) is 5.69 Å². The first-order valence-corrected chi connectivity index (χ1v) is 12.0. The summed E-state index contributed by atoms with van der Waals surface area (Å²) in [5.41, 5.74) is 3.10. The molecule has 0 atom stereocenters. The molecule has 0 bridgehead atoms. The van der Waals surface area contributed by atoms with Gasteiger partial charge in [0.25, 0.3) is 10.0 Å². The van der Waals surface area contributed by atoms with Crippen molar-refractivity contribution >= 4 is 38.9 Å². The minimum absolute atomic E-state index is 0.0212. The average molecular weight is 482 g/mol. The molecular weight excluding hydrogens is 457 g/mol. The number of aromatic nitrogens is 2. The highest BCUT2D eigenvalue weighted by Crippen LogP contribution is 2.39. The lowest BCUT2D eigenvalue weighted by molar-refractivity contribution is 0.272. The van der Waals surface area contributed by atoms with Crippen LogP contribution in [0, 0.1) is 19.8 Å². The van der Waals surface area contributed by atoms with E-state index in [0.29, 0.717) is 40.9 Å². The molecule has 3 rings (SSSR count). The second kappa shape index (κ2) is 9.10. The van der Waals surface area contributed by atoms with Crippen molar-refractivity contribution in [2.24, 2.45) is 13.0 Å². The molecule has 31 heavy (non-hydrogen) atoms. The summed E-state index contributed by atoms with van der Waals surface area (Å²) in [5, 5.41) is 4.28. The number of ether oxygens (including phenoxy) is 1. The molecule has 0 amide bonds. The molecule has 0 spiro atoms. The highest BCUT2D eigenvalue weighted by atomic mass is 35.5. The van der Waals surface area contributed by atoms with Crippen LogP contribution in [0.15, 0.2) is 41.3 Å². The number of nitrogens with one attached hydrogen (secondary N) is 1. The van der Waals surface area contributed by atoms with Gasteiger partial charge in [0.2, 0.25) is 0 Å². The zero-order valence-electron chi connectivity index (χ0n) is 18.0. The van der Waals surface area contributed by atoms with Gasteiger partial charge < -0.3 is 4.74 Å². The Morgan fingerprint density at radius 1 is 1.13 bits per heavy atom. The number of aryl methyl sites for hydroxylation is 2. The molecule has 1 aromatic heterocycles. The monoisotopic (exact) mass is 481 g/mol. The van der Waals surface area contributed by atoms with Crippen LogP contribution in [0.25, 0.3) is 11.1 Å². The molecule has 2 aromatic carbocycles. The van der Waals surface area contributed by atoms with Gasteiger partial charge in [0.05, 0.1) is 33.7 Å². The van der Waals surface area contributed by atoms with Crippen molar-refractivity contribution in [3.63, 3.8) is 0 Å². The van der Waals surface area contributed by atoms with E-state index in [9.17, 15) is 8.42 Å². The van der Waals surface area contributed by atoms with E-state index < -0.39 is 10.0 Å². The van der Waals surface area contributed by atoms with E-state index in [2.05, 4.69) is 23.7 Å². The molecule has 6 nitrogen and oxygen atoms in total. The van der Waals surface area contributed by atoms with Crippen LogP contribution < -0.4 is 9.46 Å². The summed E-state index contributed by atoms with van der Waals surface area (Å²) >= 11 is 12.9. The maximum Gasteiger partial charge on any atom is 0.264 e. The molecule has 0 radical (unpaired) electrons. The van der Waals surface area contributed by atoms with Crippen LogP contribution in [-0.4, -0.2) is 24.8 Å². The van der Waals surface area contributed by atoms with Gasteiger partial charge in [-0.1, -0.05) is 55.2 Å². The lowest BCUT2D eigenvalue weighted by Crippen LogP contribution is -2.15. The minimum atomic E-state index is -4.04. The highest BCUT2D eigenvalue weighted by Gasteiger charge is 2.26. The zero-order chi connectivity index (χ0) is 22.9. The molecule has 1 N–H and O–H groups in total. The Morgan fingerprint density at radius 2 is 1.74 bits per heavy atom. The van der Waals surface area contributed by atoms with Crippen LogP contribution in [-0.2, 0) is 17.1 Å². The molecule has 0 unspecified atom stereocenters. The quantitative estimate of drug-likeness (QED) is 0.459. The molecule has 0 fully saturated rings. The summed E-state index contributed by atoms with van der Waals surface area (Å²) in [6.45, 7) is 8.19. The van der Waals surface area contributed by atoms with Crippen molar-refractivity contribution in [2.75, 3.05) is 11.3 Å². The smallest absolute Gasteiger partial charge is 0.264 e. The fourth-order valence-electron chi connectivity index (χ4n) is 3.17. The van der Waals surface area contributed by atoms with Gasteiger partial charge in [0.15, 0.2) is 0 Å². The van der Waals surface area contributed by atoms with Gasteiger partial charge in [-0.05, 0) is 43.5 Å². The van der Waals surface area contributed by atoms with Crippen LogP contribution in [0.1, 0.15) is 25.2 Å². The fraction of sp³-hybridized carbons (Fsp3) is 0.318.